The third-order valence-corrected chi connectivity index (χ3v) is 3.83. The zero-order chi connectivity index (χ0) is 13.8. The van der Waals surface area contributed by atoms with Gasteiger partial charge in [0.1, 0.15) is 5.76 Å². The fraction of sp³-hybridized carbons (Fsp3) is 0.500. The van der Waals surface area contributed by atoms with Crippen LogP contribution in [0, 0.1) is 0 Å². The van der Waals surface area contributed by atoms with Gasteiger partial charge in [0.25, 0.3) is 10.2 Å². The zero-order valence-corrected chi connectivity index (χ0v) is 11.3. The molecule has 1 rings (SSSR count). The largest absolute Gasteiger partial charge is 0.467 e. The van der Waals surface area contributed by atoms with E-state index in [1.807, 2.05) is 0 Å². The smallest absolute Gasteiger partial charge is 0.279 e. The van der Waals surface area contributed by atoms with Crippen LogP contribution in [0.2, 0.25) is 0 Å². The summed E-state index contributed by atoms with van der Waals surface area (Å²) in [6.07, 6.45) is 1.50. The maximum atomic E-state index is 11.6. The number of carbonyl (C=O) groups is 1. The van der Waals surface area contributed by atoms with E-state index < -0.39 is 22.2 Å². The summed E-state index contributed by atoms with van der Waals surface area (Å²) in [5, 5.41) is 2.57. The van der Waals surface area contributed by atoms with Crippen molar-refractivity contribution in [3.8, 4) is 0 Å². The van der Waals surface area contributed by atoms with Crippen LogP contribution in [0.3, 0.4) is 0 Å². The third-order valence-electron chi connectivity index (χ3n) is 2.22. The van der Waals surface area contributed by atoms with Gasteiger partial charge in [-0.1, -0.05) is 0 Å². The third kappa shape index (κ3) is 4.13. The molecule has 8 heteroatoms. The number of carbonyl (C=O) groups excluding carboxylic acids is 1. The molecule has 1 aromatic rings. The Morgan fingerprint density at radius 2 is 2.17 bits per heavy atom. The van der Waals surface area contributed by atoms with Crippen LogP contribution in [0.15, 0.2) is 22.8 Å². The molecule has 0 radical (unpaired) electrons. The highest BCUT2D eigenvalue weighted by molar-refractivity contribution is 7.87. The van der Waals surface area contributed by atoms with Crippen molar-refractivity contribution < 1.29 is 17.6 Å². The number of amides is 1. The predicted molar refractivity (Wildman–Crippen MR) is 65.8 cm³/mol. The van der Waals surface area contributed by atoms with E-state index in [2.05, 4.69) is 10.0 Å². The van der Waals surface area contributed by atoms with E-state index in [0.29, 0.717) is 5.76 Å². The Bertz CT molecular complexity index is 481. The first-order chi connectivity index (χ1) is 8.33. The second kappa shape index (κ2) is 5.98. The van der Waals surface area contributed by atoms with Gasteiger partial charge in [-0.15, -0.1) is 0 Å². The highest BCUT2D eigenvalue weighted by Gasteiger charge is 2.21. The lowest BCUT2D eigenvalue weighted by molar-refractivity contribution is -0.122. The Morgan fingerprint density at radius 1 is 1.50 bits per heavy atom. The molecular weight excluding hydrogens is 258 g/mol. The SMILES string of the molecule is C[C@@H](NS(=O)(=O)N(C)C)C(=O)NCc1ccco1. The molecule has 1 heterocycles. The summed E-state index contributed by atoms with van der Waals surface area (Å²) >= 11 is 0. The molecule has 0 unspecified atom stereocenters. The number of hydrogen-bond acceptors (Lipinski definition) is 4. The van der Waals surface area contributed by atoms with Gasteiger partial charge in [-0.25, -0.2) is 0 Å². The lowest BCUT2D eigenvalue weighted by Gasteiger charge is -2.17. The Balaban J connectivity index is 2.47. The molecule has 1 atom stereocenters. The molecule has 0 saturated heterocycles. The quantitative estimate of drug-likeness (QED) is 0.744. The fourth-order valence-corrected chi connectivity index (χ4v) is 1.89. The number of nitrogens with one attached hydrogen (secondary N) is 2. The minimum absolute atomic E-state index is 0.222. The second-order valence-corrected chi connectivity index (χ2v) is 5.84. The molecule has 0 saturated carbocycles. The number of nitrogens with zero attached hydrogens (tertiary/aromatic N) is 1. The van der Waals surface area contributed by atoms with E-state index in [0.717, 1.165) is 4.31 Å². The first kappa shape index (κ1) is 14.7. The molecule has 1 amide bonds. The van der Waals surface area contributed by atoms with Crippen LogP contribution >= 0.6 is 0 Å². The molecule has 0 bridgehead atoms. The van der Waals surface area contributed by atoms with Gasteiger partial charge < -0.3 is 9.73 Å². The highest BCUT2D eigenvalue weighted by atomic mass is 32.2. The van der Waals surface area contributed by atoms with E-state index >= 15 is 0 Å². The Hall–Kier alpha value is -1.38. The first-order valence-corrected chi connectivity index (χ1v) is 6.77. The summed E-state index contributed by atoms with van der Waals surface area (Å²) in [4.78, 5) is 11.6. The van der Waals surface area contributed by atoms with Crippen LogP contribution in [-0.2, 0) is 21.5 Å². The standard InChI is InChI=1S/C10H17N3O4S/c1-8(12-18(15,16)13(2)3)10(14)11-7-9-5-4-6-17-9/h4-6,8,12H,7H2,1-3H3,(H,11,14)/t8-/m1/s1. The van der Waals surface area contributed by atoms with Crippen molar-refractivity contribution in [2.75, 3.05) is 14.1 Å². The van der Waals surface area contributed by atoms with E-state index in [1.165, 1.54) is 27.3 Å². The van der Waals surface area contributed by atoms with Crippen molar-refractivity contribution in [2.24, 2.45) is 0 Å². The van der Waals surface area contributed by atoms with Crippen molar-refractivity contribution in [3.63, 3.8) is 0 Å². The van der Waals surface area contributed by atoms with Gasteiger partial charge in [0.2, 0.25) is 5.91 Å². The van der Waals surface area contributed by atoms with Crippen LogP contribution in [0.1, 0.15) is 12.7 Å². The molecule has 1 aromatic heterocycles. The van der Waals surface area contributed by atoms with Gasteiger partial charge in [-0.05, 0) is 19.1 Å². The van der Waals surface area contributed by atoms with E-state index in [4.69, 9.17) is 4.42 Å². The van der Waals surface area contributed by atoms with E-state index in [-0.39, 0.29) is 6.54 Å². The molecule has 18 heavy (non-hydrogen) atoms. The lowest BCUT2D eigenvalue weighted by Crippen LogP contribution is -2.48. The molecule has 0 aromatic carbocycles. The number of rotatable bonds is 6. The van der Waals surface area contributed by atoms with Crippen molar-refractivity contribution >= 4 is 16.1 Å². The topological polar surface area (TPSA) is 91.7 Å². The van der Waals surface area contributed by atoms with Crippen molar-refractivity contribution in [3.05, 3.63) is 24.2 Å². The molecular formula is C10H17N3O4S. The molecule has 102 valence electrons. The summed E-state index contributed by atoms with van der Waals surface area (Å²) < 4.78 is 31.3. The van der Waals surface area contributed by atoms with Crippen molar-refractivity contribution in [1.82, 2.24) is 14.3 Å². The highest BCUT2D eigenvalue weighted by Crippen LogP contribution is 1.99. The summed E-state index contributed by atoms with van der Waals surface area (Å²) in [7, 11) is -0.846. The molecule has 0 aliphatic rings. The monoisotopic (exact) mass is 275 g/mol. The fourth-order valence-electron chi connectivity index (χ4n) is 1.12. The summed E-state index contributed by atoms with van der Waals surface area (Å²) in [6, 6.07) is 2.57. The van der Waals surface area contributed by atoms with Crippen LogP contribution in [0.25, 0.3) is 0 Å². The average Bonchev–Trinajstić information content (AvgIpc) is 2.77. The van der Waals surface area contributed by atoms with Crippen LogP contribution in [-0.4, -0.2) is 38.8 Å². The van der Waals surface area contributed by atoms with Gasteiger partial charge in [0, 0.05) is 14.1 Å². The molecule has 0 aliphatic carbocycles. The van der Waals surface area contributed by atoms with Crippen molar-refractivity contribution in [1.29, 1.82) is 0 Å². The Labute approximate surface area is 106 Å². The Kier molecular flexibility index (Phi) is 4.88. The average molecular weight is 275 g/mol. The Morgan fingerprint density at radius 3 is 2.67 bits per heavy atom. The minimum Gasteiger partial charge on any atom is -0.467 e. The molecule has 7 nitrogen and oxygen atoms in total. The predicted octanol–water partition coefficient (Wildman–Crippen LogP) is -0.320. The number of hydrogen-bond donors (Lipinski definition) is 2. The van der Waals surface area contributed by atoms with Crippen molar-refractivity contribution in [2.45, 2.75) is 19.5 Å². The van der Waals surface area contributed by atoms with Gasteiger partial charge in [-0.2, -0.15) is 17.4 Å². The van der Waals surface area contributed by atoms with Gasteiger partial charge in [0.15, 0.2) is 0 Å². The summed E-state index contributed by atoms with van der Waals surface area (Å²) in [5.41, 5.74) is 0. The van der Waals surface area contributed by atoms with Gasteiger partial charge >= 0.3 is 0 Å². The lowest BCUT2D eigenvalue weighted by atomic mass is 10.3. The van der Waals surface area contributed by atoms with E-state index in [1.54, 1.807) is 12.1 Å². The normalized spacial score (nSPS) is 13.6. The van der Waals surface area contributed by atoms with E-state index in [9.17, 15) is 13.2 Å². The molecule has 0 fully saturated rings. The second-order valence-electron chi connectivity index (χ2n) is 3.92. The maximum absolute atomic E-state index is 11.6. The molecule has 2 N–H and O–H groups in total. The molecule has 0 aliphatic heterocycles. The summed E-state index contributed by atoms with van der Waals surface area (Å²) in [6.45, 7) is 1.69. The van der Waals surface area contributed by atoms with Crippen LogP contribution in [0.5, 0.6) is 0 Å². The first-order valence-electron chi connectivity index (χ1n) is 5.33. The van der Waals surface area contributed by atoms with Gasteiger partial charge in [-0.3, -0.25) is 4.79 Å². The molecule has 0 spiro atoms. The maximum Gasteiger partial charge on any atom is 0.279 e. The van der Waals surface area contributed by atoms with Crippen LogP contribution in [0.4, 0.5) is 0 Å². The minimum atomic E-state index is -3.62. The van der Waals surface area contributed by atoms with Gasteiger partial charge in [0.05, 0.1) is 18.8 Å². The van der Waals surface area contributed by atoms with Crippen LogP contribution < -0.4 is 10.0 Å². The zero-order valence-electron chi connectivity index (χ0n) is 10.5. The number of furan rings is 1. The summed E-state index contributed by atoms with van der Waals surface area (Å²) in [5.74, 6) is 0.183.